The zero-order valence-corrected chi connectivity index (χ0v) is 12.6. The van der Waals surface area contributed by atoms with Crippen LogP contribution in [0.25, 0.3) is 0 Å². The van der Waals surface area contributed by atoms with E-state index >= 15 is 0 Å². The molecular weight excluding hydrogens is 294 g/mol. The summed E-state index contributed by atoms with van der Waals surface area (Å²) >= 11 is 3.61. The molecule has 98 valence electrons. The number of aromatic nitrogens is 2. The minimum absolute atomic E-state index is 0.799. The van der Waals surface area contributed by atoms with Crippen molar-refractivity contribution in [3.05, 3.63) is 40.0 Å². The first-order chi connectivity index (χ1) is 8.61. The van der Waals surface area contributed by atoms with E-state index < -0.39 is 0 Å². The molecule has 0 fully saturated rings. The van der Waals surface area contributed by atoms with Crippen LogP contribution >= 0.6 is 15.9 Å². The molecule has 2 aromatic rings. The van der Waals surface area contributed by atoms with Crippen molar-refractivity contribution < 1.29 is 4.42 Å². The predicted octanol–water partition coefficient (Wildman–Crippen LogP) is 3.20. The Labute approximate surface area is 116 Å². The van der Waals surface area contributed by atoms with Gasteiger partial charge in [0.05, 0.1) is 28.7 Å². The Morgan fingerprint density at radius 3 is 2.83 bits per heavy atom. The van der Waals surface area contributed by atoms with Gasteiger partial charge in [0.2, 0.25) is 0 Å². The Morgan fingerprint density at radius 1 is 1.44 bits per heavy atom. The molecule has 0 saturated carbocycles. The molecule has 0 unspecified atom stereocenters. The number of hydrogen-bond donors (Lipinski definition) is 0. The smallest absolute Gasteiger partial charge is 0.117 e. The maximum atomic E-state index is 5.36. The van der Waals surface area contributed by atoms with Gasteiger partial charge >= 0.3 is 0 Å². The maximum absolute atomic E-state index is 5.36. The molecule has 0 saturated heterocycles. The fourth-order valence-corrected chi connectivity index (χ4v) is 2.41. The van der Waals surface area contributed by atoms with Gasteiger partial charge in [-0.05, 0) is 49.0 Å². The molecule has 0 N–H and O–H groups in total. The standard InChI is InChI=1S/C13H18BrN3O/c1-4-17-12(13(14)10(2)15-17)9-16(3)8-11-6-5-7-18-11/h5-7H,4,8-9H2,1-3H3. The number of nitrogens with zero attached hydrogens (tertiary/aromatic N) is 3. The van der Waals surface area contributed by atoms with E-state index in [0.29, 0.717) is 0 Å². The molecule has 0 radical (unpaired) electrons. The summed E-state index contributed by atoms with van der Waals surface area (Å²) < 4.78 is 8.50. The average Bonchev–Trinajstić information content (AvgIpc) is 2.92. The van der Waals surface area contributed by atoms with Crippen LogP contribution in [-0.4, -0.2) is 21.7 Å². The van der Waals surface area contributed by atoms with E-state index in [-0.39, 0.29) is 0 Å². The maximum Gasteiger partial charge on any atom is 0.117 e. The van der Waals surface area contributed by atoms with Gasteiger partial charge in [0, 0.05) is 13.1 Å². The SMILES string of the molecule is CCn1nc(C)c(Br)c1CN(C)Cc1ccco1. The summed E-state index contributed by atoms with van der Waals surface area (Å²) in [6, 6.07) is 3.91. The van der Waals surface area contributed by atoms with Crippen molar-refractivity contribution in [1.82, 2.24) is 14.7 Å². The van der Waals surface area contributed by atoms with Gasteiger partial charge in [-0.25, -0.2) is 0 Å². The number of halogens is 1. The zero-order chi connectivity index (χ0) is 13.1. The summed E-state index contributed by atoms with van der Waals surface area (Å²) in [5, 5.41) is 4.50. The summed E-state index contributed by atoms with van der Waals surface area (Å²) in [7, 11) is 2.08. The van der Waals surface area contributed by atoms with E-state index in [2.05, 4.69) is 39.9 Å². The summed E-state index contributed by atoms with van der Waals surface area (Å²) in [4.78, 5) is 2.21. The lowest BCUT2D eigenvalue weighted by molar-refractivity contribution is 0.278. The lowest BCUT2D eigenvalue weighted by atomic mass is 10.3. The second-order valence-electron chi connectivity index (χ2n) is 4.41. The van der Waals surface area contributed by atoms with Crippen molar-refractivity contribution in [2.24, 2.45) is 0 Å². The van der Waals surface area contributed by atoms with Gasteiger partial charge in [0.15, 0.2) is 0 Å². The third-order valence-electron chi connectivity index (χ3n) is 2.88. The van der Waals surface area contributed by atoms with Crippen LogP contribution in [0.4, 0.5) is 0 Å². The molecule has 0 bridgehead atoms. The first-order valence-corrected chi connectivity index (χ1v) is 6.83. The van der Waals surface area contributed by atoms with E-state index in [4.69, 9.17) is 4.42 Å². The Bertz CT molecular complexity index is 505. The Balaban J connectivity index is 2.09. The van der Waals surface area contributed by atoms with Gasteiger partial charge in [-0.1, -0.05) is 0 Å². The van der Waals surface area contributed by atoms with Crippen molar-refractivity contribution in [3.63, 3.8) is 0 Å². The second-order valence-corrected chi connectivity index (χ2v) is 5.21. The highest BCUT2D eigenvalue weighted by Gasteiger charge is 2.14. The highest BCUT2D eigenvalue weighted by molar-refractivity contribution is 9.10. The van der Waals surface area contributed by atoms with Crippen LogP contribution in [-0.2, 0) is 19.6 Å². The quantitative estimate of drug-likeness (QED) is 0.850. The summed E-state index contributed by atoms with van der Waals surface area (Å²) in [6.07, 6.45) is 1.71. The molecule has 0 aromatic carbocycles. The van der Waals surface area contributed by atoms with E-state index in [1.807, 2.05) is 23.7 Å². The number of aryl methyl sites for hydroxylation is 2. The molecule has 0 amide bonds. The highest BCUT2D eigenvalue weighted by Crippen LogP contribution is 2.22. The van der Waals surface area contributed by atoms with Gasteiger partial charge in [0.1, 0.15) is 5.76 Å². The number of furan rings is 1. The number of rotatable bonds is 5. The molecule has 2 aromatic heterocycles. The minimum atomic E-state index is 0.799. The zero-order valence-electron chi connectivity index (χ0n) is 11.0. The van der Waals surface area contributed by atoms with Gasteiger partial charge in [-0.15, -0.1) is 0 Å². The molecule has 18 heavy (non-hydrogen) atoms. The van der Waals surface area contributed by atoms with Crippen molar-refractivity contribution in [1.29, 1.82) is 0 Å². The largest absolute Gasteiger partial charge is 0.468 e. The van der Waals surface area contributed by atoms with Crippen LogP contribution in [0.1, 0.15) is 24.1 Å². The topological polar surface area (TPSA) is 34.2 Å². The van der Waals surface area contributed by atoms with Gasteiger partial charge in [-0.2, -0.15) is 5.10 Å². The first kappa shape index (κ1) is 13.4. The number of hydrogen-bond acceptors (Lipinski definition) is 3. The van der Waals surface area contributed by atoms with E-state index in [1.54, 1.807) is 6.26 Å². The normalized spacial score (nSPS) is 11.4. The molecule has 5 heteroatoms. The van der Waals surface area contributed by atoms with Crippen molar-refractivity contribution >= 4 is 15.9 Å². The lowest BCUT2D eigenvalue weighted by Gasteiger charge is -2.16. The van der Waals surface area contributed by atoms with Crippen LogP contribution in [0.2, 0.25) is 0 Å². The van der Waals surface area contributed by atoms with Crippen LogP contribution in [0.15, 0.2) is 27.3 Å². The van der Waals surface area contributed by atoms with Gasteiger partial charge in [-0.3, -0.25) is 9.58 Å². The average molecular weight is 312 g/mol. The van der Waals surface area contributed by atoms with Crippen LogP contribution < -0.4 is 0 Å². The van der Waals surface area contributed by atoms with Crippen molar-refractivity contribution in [2.45, 2.75) is 33.5 Å². The molecule has 2 rings (SSSR count). The molecule has 2 heterocycles. The van der Waals surface area contributed by atoms with Crippen molar-refractivity contribution in [2.75, 3.05) is 7.05 Å². The third-order valence-corrected chi connectivity index (χ3v) is 3.91. The van der Waals surface area contributed by atoms with E-state index in [0.717, 1.165) is 35.6 Å². The van der Waals surface area contributed by atoms with Crippen LogP contribution in [0, 0.1) is 6.92 Å². The predicted molar refractivity (Wildman–Crippen MR) is 74.2 cm³/mol. The van der Waals surface area contributed by atoms with Gasteiger partial charge < -0.3 is 4.42 Å². The summed E-state index contributed by atoms with van der Waals surface area (Å²) in [6.45, 7) is 6.65. The fourth-order valence-electron chi connectivity index (χ4n) is 2.00. The Morgan fingerprint density at radius 2 is 2.22 bits per heavy atom. The monoisotopic (exact) mass is 311 g/mol. The van der Waals surface area contributed by atoms with E-state index in [9.17, 15) is 0 Å². The molecule has 4 nitrogen and oxygen atoms in total. The first-order valence-electron chi connectivity index (χ1n) is 6.04. The van der Waals surface area contributed by atoms with Crippen LogP contribution in [0.3, 0.4) is 0 Å². The fraction of sp³-hybridized carbons (Fsp3) is 0.462. The third kappa shape index (κ3) is 2.84. The van der Waals surface area contributed by atoms with E-state index in [1.165, 1.54) is 5.69 Å². The highest BCUT2D eigenvalue weighted by atomic mass is 79.9. The second kappa shape index (κ2) is 5.71. The summed E-state index contributed by atoms with van der Waals surface area (Å²) in [5.74, 6) is 0.980. The molecular formula is C13H18BrN3O. The molecule has 0 aliphatic carbocycles. The van der Waals surface area contributed by atoms with Crippen molar-refractivity contribution in [3.8, 4) is 0 Å². The summed E-state index contributed by atoms with van der Waals surface area (Å²) in [5.41, 5.74) is 2.25. The Hall–Kier alpha value is -1.07. The minimum Gasteiger partial charge on any atom is -0.468 e. The molecule has 0 spiro atoms. The lowest BCUT2D eigenvalue weighted by Crippen LogP contribution is -2.19. The Kier molecular flexibility index (Phi) is 4.24. The molecule has 0 aliphatic heterocycles. The van der Waals surface area contributed by atoms with Crippen LogP contribution in [0.5, 0.6) is 0 Å². The molecule has 0 atom stereocenters. The molecule has 0 aliphatic rings. The van der Waals surface area contributed by atoms with Gasteiger partial charge in [0.25, 0.3) is 0 Å².